The van der Waals surface area contributed by atoms with Gasteiger partial charge in [0.2, 0.25) is 0 Å². The summed E-state index contributed by atoms with van der Waals surface area (Å²) in [5.41, 5.74) is 7.39. The fourth-order valence-corrected chi connectivity index (χ4v) is 3.34. The number of thioether (sulfide) groups is 1. The van der Waals surface area contributed by atoms with Crippen LogP contribution in [0.25, 0.3) is 0 Å². The molecule has 2 N–H and O–H groups in total. The minimum absolute atomic E-state index is 0.0997. The van der Waals surface area contributed by atoms with Gasteiger partial charge in [0, 0.05) is 12.2 Å². The van der Waals surface area contributed by atoms with Crippen molar-refractivity contribution in [3.8, 4) is 5.75 Å². The summed E-state index contributed by atoms with van der Waals surface area (Å²) in [7, 11) is 0. The van der Waals surface area contributed by atoms with E-state index in [-0.39, 0.29) is 6.04 Å². The Morgan fingerprint density at radius 1 is 1.59 bits per heavy atom. The fourth-order valence-electron chi connectivity index (χ4n) is 2.02. The van der Waals surface area contributed by atoms with Crippen LogP contribution in [0.3, 0.4) is 0 Å². The lowest BCUT2D eigenvalue weighted by atomic mass is 9.94. The minimum Gasteiger partial charge on any atom is -0.492 e. The van der Waals surface area contributed by atoms with Crippen LogP contribution in [0, 0.1) is 5.92 Å². The molecule has 1 aromatic heterocycles. The lowest BCUT2D eigenvalue weighted by Gasteiger charge is -2.18. The Balaban J connectivity index is 2.03. The van der Waals surface area contributed by atoms with E-state index in [2.05, 4.69) is 11.9 Å². The molecular weight excluding hydrogens is 232 g/mol. The summed E-state index contributed by atoms with van der Waals surface area (Å²) < 4.78 is 5.59. The van der Waals surface area contributed by atoms with Crippen LogP contribution in [-0.4, -0.2) is 23.1 Å². The van der Waals surface area contributed by atoms with Crippen LogP contribution in [0.4, 0.5) is 0 Å². The van der Waals surface area contributed by atoms with Gasteiger partial charge in [-0.1, -0.05) is 6.92 Å². The first-order valence-corrected chi connectivity index (χ1v) is 7.37. The second-order valence-electron chi connectivity index (χ2n) is 4.45. The average molecular weight is 252 g/mol. The fraction of sp³-hybridized carbons (Fsp3) is 0.615. The van der Waals surface area contributed by atoms with E-state index in [9.17, 15) is 0 Å². The van der Waals surface area contributed by atoms with Gasteiger partial charge in [-0.15, -0.1) is 0 Å². The third-order valence-electron chi connectivity index (χ3n) is 3.06. The van der Waals surface area contributed by atoms with Gasteiger partial charge >= 0.3 is 0 Å². The number of ether oxygens (including phenoxy) is 1. The van der Waals surface area contributed by atoms with E-state index in [0.29, 0.717) is 5.92 Å². The van der Waals surface area contributed by atoms with E-state index in [1.54, 1.807) is 6.20 Å². The van der Waals surface area contributed by atoms with Crippen LogP contribution in [0.15, 0.2) is 18.5 Å². The quantitative estimate of drug-likeness (QED) is 0.875. The summed E-state index contributed by atoms with van der Waals surface area (Å²) >= 11 is 1.99. The first-order chi connectivity index (χ1) is 8.31. The van der Waals surface area contributed by atoms with Gasteiger partial charge in [0.25, 0.3) is 0 Å². The predicted molar refractivity (Wildman–Crippen MR) is 72.4 cm³/mol. The van der Waals surface area contributed by atoms with E-state index in [1.165, 1.54) is 17.9 Å². The zero-order valence-electron chi connectivity index (χ0n) is 10.3. The summed E-state index contributed by atoms with van der Waals surface area (Å²) in [5, 5.41) is 0. The van der Waals surface area contributed by atoms with Crippen molar-refractivity contribution in [1.29, 1.82) is 0 Å². The maximum atomic E-state index is 6.29. The number of aromatic nitrogens is 1. The molecule has 4 heteroatoms. The van der Waals surface area contributed by atoms with Gasteiger partial charge in [0.1, 0.15) is 5.75 Å². The molecular formula is C13H20N2OS. The molecule has 2 rings (SSSR count). The zero-order valence-corrected chi connectivity index (χ0v) is 11.1. The molecule has 0 saturated carbocycles. The smallest absolute Gasteiger partial charge is 0.137 e. The lowest BCUT2D eigenvalue weighted by molar-refractivity contribution is 0.315. The van der Waals surface area contributed by atoms with Crippen LogP contribution in [0.2, 0.25) is 0 Å². The van der Waals surface area contributed by atoms with Crippen molar-refractivity contribution in [3.05, 3.63) is 24.0 Å². The molecule has 0 amide bonds. The second kappa shape index (κ2) is 6.26. The van der Waals surface area contributed by atoms with Gasteiger partial charge in [0.05, 0.1) is 12.8 Å². The highest BCUT2D eigenvalue weighted by atomic mass is 32.2. The number of hydrogen-bond acceptors (Lipinski definition) is 4. The van der Waals surface area contributed by atoms with Crippen LogP contribution in [-0.2, 0) is 0 Å². The molecule has 3 nitrogen and oxygen atoms in total. The molecule has 0 spiro atoms. The summed E-state index contributed by atoms with van der Waals surface area (Å²) in [5.74, 6) is 3.83. The Kier molecular flexibility index (Phi) is 4.68. The van der Waals surface area contributed by atoms with Gasteiger partial charge in [-0.2, -0.15) is 11.8 Å². The molecule has 0 aromatic carbocycles. The van der Waals surface area contributed by atoms with Crippen LogP contribution < -0.4 is 10.5 Å². The van der Waals surface area contributed by atoms with Crippen molar-refractivity contribution in [3.63, 3.8) is 0 Å². The number of nitrogens with zero attached hydrogens (tertiary/aromatic N) is 1. The Labute approximate surface area is 107 Å². The third kappa shape index (κ3) is 3.36. The first-order valence-electron chi connectivity index (χ1n) is 6.22. The van der Waals surface area contributed by atoms with Crippen molar-refractivity contribution in [2.75, 3.05) is 18.1 Å². The van der Waals surface area contributed by atoms with Crippen molar-refractivity contribution in [2.24, 2.45) is 11.7 Å². The number of rotatable bonds is 5. The maximum absolute atomic E-state index is 6.29. The summed E-state index contributed by atoms with van der Waals surface area (Å²) in [6, 6.07) is 2.14. The van der Waals surface area contributed by atoms with Crippen molar-refractivity contribution in [2.45, 2.75) is 25.8 Å². The number of pyridine rings is 1. The van der Waals surface area contributed by atoms with Crippen LogP contribution in [0.1, 0.15) is 31.4 Å². The highest BCUT2D eigenvalue weighted by molar-refractivity contribution is 7.99. The lowest BCUT2D eigenvalue weighted by Crippen LogP contribution is -2.21. The third-order valence-corrected chi connectivity index (χ3v) is 4.25. The molecule has 2 heterocycles. The molecule has 2 atom stereocenters. The molecule has 1 fully saturated rings. The van der Waals surface area contributed by atoms with Gasteiger partial charge < -0.3 is 10.5 Å². The summed E-state index contributed by atoms with van der Waals surface area (Å²) in [4.78, 5) is 4.22. The molecule has 1 aromatic rings. The Morgan fingerprint density at radius 2 is 2.47 bits per heavy atom. The van der Waals surface area contributed by atoms with Crippen LogP contribution >= 0.6 is 11.8 Å². The first kappa shape index (κ1) is 12.7. The Bertz CT molecular complexity index is 353. The van der Waals surface area contributed by atoms with Gasteiger partial charge in [0.15, 0.2) is 0 Å². The number of hydrogen-bond donors (Lipinski definition) is 1. The molecule has 0 bridgehead atoms. The van der Waals surface area contributed by atoms with Crippen molar-refractivity contribution in [1.82, 2.24) is 4.98 Å². The molecule has 94 valence electrons. The topological polar surface area (TPSA) is 48.1 Å². The van der Waals surface area contributed by atoms with E-state index < -0.39 is 0 Å². The second-order valence-corrected chi connectivity index (χ2v) is 5.60. The van der Waals surface area contributed by atoms with E-state index in [4.69, 9.17) is 10.5 Å². The van der Waals surface area contributed by atoms with Gasteiger partial charge in [-0.25, -0.2) is 0 Å². The summed E-state index contributed by atoms with van der Waals surface area (Å²) in [6.45, 7) is 2.83. The molecule has 1 aliphatic rings. The molecule has 0 aliphatic carbocycles. The standard InChI is InChI=1S/C13H20N2OS/c1-2-4-16-12-6-11(7-15-8-12)13(14)10-3-5-17-9-10/h6-8,10,13H,2-5,9,14H2,1H3. The molecule has 17 heavy (non-hydrogen) atoms. The monoisotopic (exact) mass is 252 g/mol. The van der Waals surface area contributed by atoms with Gasteiger partial charge in [-0.05, 0) is 41.9 Å². The maximum Gasteiger partial charge on any atom is 0.137 e. The highest BCUT2D eigenvalue weighted by Gasteiger charge is 2.24. The van der Waals surface area contributed by atoms with Crippen molar-refractivity contribution < 1.29 is 4.74 Å². The largest absolute Gasteiger partial charge is 0.492 e. The average Bonchev–Trinajstić information content (AvgIpc) is 2.89. The van der Waals surface area contributed by atoms with E-state index in [0.717, 1.165) is 24.3 Å². The van der Waals surface area contributed by atoms with E-state index >= 15 is 0 Å². The summed E-state index contributed by atoms with van der Waals surface area (Å²) in [6.07, 6.45) is 5.85. The van der Waals surface area contributed by atoms with E-state index in [1.807, 2.05) is 24.0 Å². The highest BCUT2D eigenvalue weighted by Crippen LogP contribution is 2.33. The van der Waals surface area contributed by atoms with Crippen molar-refractivity contribution >= 4 is 11.8 Å². The molecule has 0 radical (unpaired) electrons. The van der Waals surface area contributed by atoms with Gasteiger partial charge in [-0.3, -0.25) is 4.98 Å². The Morgan fingerprint density at radius 3 is 3.18 bits per heavy atom. The van der Waals surface area contributed by atoms with Crippen LogP contribution in [0.5, 0.6) is 5.75 Å². The zero-order chi connectivity index (χ0) is 12.1. The molecule has 1 aliphatic heterocycles. The SMILES string of the molecule is CCCOc1cncc(C(N)C2CCSC2)c1. The Hall–Kier alpha value is -0.740. The molecule has 1 saturated heterocycles. The minimum atomic E-state index is 0.0997. The predicted octanol–water partition coefficient (Wildman–Crippen LogP) is 2.62. The molecule has 2 unspecified atom stereocenters. The number of nitrogens with two attached hydrogens (primary N) is 1. The normalized spacial score (nSPS) is 21.4.